The third-order valence-electron chi connectivity index (χ3n) is 2.77. The number of hydrogen-bond donors (Lipinski definition) is 1. The van der Waals surface area contributed by atoms with Crippen LogP contribution in [-0.2, 0) is 4.79 Å². The van der Waals surface area contributed by atoms with Gasteiger partial charge in [-0.25, -0.2) is 4.98 Å². The van der Waals surface area contributed by atoms with Crippen LogP contribution >= 0.6 is 0 Å². The standard InChI is InChI=1S/C11H15N3O2/c1-16-9-2-3-10(13-6-9)14-7-8(5-12)4-11(14)15/h2-3,6,8H,4-5,7,12H2,1H3. The number of hydrogen-bond acceptors (Lipinski definition) is 4. The van der Waals surface area contributed by atoms with E-state index in [0.29, 0.717) is 31.1 Å². The van der Waals surface area contributed by atoms with Crippen LogP contribution in [-0.4, -0.2) is 31.1 Å². The Balaban J connectivity index is 2.15. The van der Waals surface area contributed by atoms with E-state index in [-0.39, 0.29) is 11.8 Å². The Bertz CT molecular complexity index is 377. The van der Waals surface area contributed by atoms with Gasteiger partial charge in [0.15, 0.2) is 0 Å². The quantitative estimate of drug-likeness (QED) is 0.802. The molecule has 5 nitrogen and oxygen atoms in total. The van der Waals surface area contributed by atoms with E-state index in [1.54, 1.807) is 30.3 Å². The highest BCUT2D eigenvalue weighted by Crippen LogP contribution is 2.23. The van der Waals surface area contributed by atoms with Crippen LogP contribution in [0.4, 0.5) is 5.82 Å². The highest BCUT2D eigenvalue weighted by molar-refractivity contribution is 5.94. The summed E-state index contributed by atoms with van der Waals surface area (Å²) in [4.78, 5) is 17.6. The fourth-order valence-corrected chi connectivity index (χ4v) is 1.81. The van der Waals surface area contributed by atoms with Crippen molar-refractivity contribution in [3.05, 3.63) is 18.3 Å². The molecule has 0 radical (unpaired) electrons. The lowest BCUT2D eigenvalue weighted by molar-refractivity contribution is -0.117. The van der Waals surface area contributed by atoms with Gasteiger partial charge in [-0.1, -0.05) is 0 Å². The lowest BCUT2D eigenvalue weighted by Gasteiger charge is -2.15. The third kappa shape index (κ3) is 1.99. The molecule has 1 aliphatic rings. The van der Waals surface area contributed by atoms with Crippen molar-refractivity contribution < 1.29 is 9.53 Å². The average molecular weight is 221 g/mol. The Hall–Kier alpha value is -1.62. The molecule has 2 heterocycles. The van der Waals surface area contributed by atoms with Crippen LogP contribution in [0, 0.1) is 5.92 Å². The van der Waals surface area contributed by atoms with E-state index in [4.69, 9.17) is 10.5 Å². The Morgan fingerprint density at radius 3 is 2.94 bits per heavy atom. The number of amides is 1. The van der Waals surface area contributed by atoms with Gasteiger partial charge in [-0.15, -0.1) is 0 Å². The van der Waals surface area contributed by atoms with Gasteiger partial charge >= 0.3 is 0 Å². The predicted octanol–water partition coefficient (Wildman–Crippen LogP) is 0.402. The number of carbonyl (C=O) groups is 1. The first kappa shape index (κ1) is 10.9. The molecule has 0 bridgehead atoms. The van der Waals surface area contributed by atoms with Crippen LogP contribution in [0.25, 0.3) is 0 Å². The van der Waals surface area contributed by atoms with Gasteiger partial charge in [0.25, 0.3) is 0 Å². The smallest absolute Gasteiger partial charge is 0.228 e. The highest BCUT2D eigenvalue weighted by atomic mass is 16.5. The monoisotopic (exact) mass is 221 g/mol. The van der Waals surface area contributed by atoms with Crippen LogP contribution in [0.1, 0.15) is 6.42 Å². The van der Waals surface area contributed by atoms with E-state index in [0.717, 1.165) is 0 Å². The number of pyridine rings is 1. The van der Waals surface area contributed by atoms with Crippen molar-refractivity contribution in [2.24, 2.45) is 11.7 Å². The van der Waals surface area contributed by atoms with Gasteiger partial charge in [-0.2, -0.15) is 0 Å². The largest absolute Gasteiger partial charge is 0.495 e. The molecule has 86 valence electrons. The van der Waals surface area contributed by atoms with Gasteiger partial charge in [0, 0.05) is 13.0 Å². The minimum atomic E-state index is 0.0908. The molecule has 2 rings (SSSR count). The number of aromatic nitrogens is 1. The summed E-state index contributed by atoms with van der Waals surface area (Å²) in [6, 6.07) is 3.58. The molecule has 1 aromatic heterocycles. The van der Waals surface area contributed by atoms with Gasteiger partial charge in [0.2, 0.25) is 5.91 Å². The zero-order valence-corrected chi connectivity index (χ0v) is 9.22. The topological polar surface area (TPSA) is 68.5 Å². The predicted molar refractivity (Wildman–Crippen MR) is 60.3 cm³/mol. The molecular formula is C11H15N3O2. The molecule has 0 saturated carbocycles. The van der Waals surface area contributed by atoms with Crippen LogP contribution in [0.15, 0.2) is 18.3 Å². The molecule has 0 aliphatic carbocycles. The van der Waals surface area contributed by atoms with Crippen LogP contribution in [0.5, 0.6) is 5.75 Å². The molecule has 1 atom stereocenters. The van der Waals surface area contributed by atoms with E-state index >= 15 is 0 Å². The fourth-order valence-electron chi connectivity index (χ4n) is 1.81. The Labute approximate surface area is 94.2 Å². The molecular weight excluding hydrogens is 206 g/mol. The summed E-state index contributed by atoms with van der Waals surface area (Å²) in [5, 5.41) is 0. The molecule has 1 saturated heterocycles. The van der Waals surface area contributed by atoms with Gasteiger partial charge < -0.3 is 10.5 Å². The van der Waals surface area contributed by atoms with Crippen LogP contribution in [0.2, 0.25) is 0 Å². The highest BCUT2D eigenvalue weighted by Gasteiger charge is 2.30. The number of nitrogens with two attached hydrogens (primary N) is 1. The lowest BCUT2D eigenvalue weighted by Crippen LogP contribution is -2.26. The third-order valence-corrected chi connectivity index (χ3v) is 2.77. The van der Waals surface area contributed by atoms with Crippen molar-refractivity contribution >= 4 is 11.7 Å². The molecule has 5 heteroatoms. The molecule has 1 aromatic rings. The summed E-state index contributed by atoms with van der Waals surface area (Å²) < 4.78 is 5.02. The van der Waals surface area contributed by atoms with Crippen molar-refractivity contribution in [3.8, 4) is 5.75 Å². The van der Waals surface area contributed by atoms with Crippen LogP contribution in [0.3, 0.4) is 0 Å². The maximum atomic E-state index is 11.7. The van der Waals surface area contributed by atoms with E-state index in [1.165, 1.54) is 0 Å². The van der Waals surface area contributed by atoms with E-state index in [9.17, 15) is 4.79 Å². The zero-order chi connectivity index (χ0) is 11.5. The Kier molecular flexibility index (Phi) is 3.05. The van der Waals surface area contributed by atoms with Gasteiger partial charge in [-0.3, -0.25) is 9.69 Å². The summed E-state index contributed by atoms with van der Waals surface area (Å²) in [5.74, 6) is 1.69. The van der Waals surface area contributed by atoms with E-state index in [2.05, 4.69) is 4.98 Å². The second-order valence-corrected chi connectivity index (χ2v) is 3.87. The molecule has 0 aromatic carbocycles. The SMILES string of the molecule is COc1ccc(N2CC(CN)CC2=O)nc1. The van der Waals surface area contributed by atoms with Crippen molar-refractivity contribution in [1.82, 2.24) is 4.98 Å². The summed E-state index contributed by atoms with van der Waals surface area (Å²) in [7, 11) is 1.59. The second kappa shape index (κ2) is 4.49. The number of nitrogens with zero attached hydrogens (tertiary/aromatic N) is 2. The molecule has 2 N–H and O–H groups in total. The maximum Gasteiger partial charge on any atom is 0.228 e. The van der Waals surface area contributed by atoms with Gasteiger partial charge in [-0.05, 0) is 24.6 Å². The molecule has 0 spiro atoms. The summed E-state index contributed by atoms with van der Waals surface area (Å²) in [6.07, 6.45) is 2.13. The molecule has 1 amide bonds. The minimum absolute atomic E-state index is 0.0908. The number of rotatable bonds is 3. The summed E-state index contributed by atoms with van der Waals surface area (Å²) in [6.45, 7) is 1.20. The fraction of sp³-hybridized carbons (Fsp3) is 0.455. The number of ether oxygens (including phenoxy) is 1. The van der Waals surface area contributed by atoms with Crippen molar-refractivity contribution in [3.63, 3.8) is 0 Å². The number of anilines is 1. The maximum absolute atomic E-state index is 11.7. The minimum Gasteiger partial charge on any atom is -0.495 e. The average Bonchev–Trinajstić information content (AvgIpc) is 2.71. The van der Waals surface area contributed by atoms with E-state index in [1.807, 2.05) is 0 Å². The first-order valence-corrected chi connectivity index (χ1v) is 5.25. The summed E-state index contributed by atoms with van der Waals surface area (Å²) >= 11 is 0. The molecule has 1 aliphatic heterocycles. The van der Waals surface area contributed by atoms with Crippen molar-refractivity contribution in [1.29, 1.82) is 0 Å². The van der Waals surface area contributed by atoms with Gasteiger partial charge in [0.1, 0.15) is 11.6 Å². The van der Waals surface area contributed by atoms with Crippen molar-refractivity contribution in [2.45, 2.75) is 6.42 Å². The second-order valence-electron chi connectivity index (χ2n) is 3.87. The normalized spacial score (nSPS) is 20.2. The van der Waals surface area contributed by atoms with Crippen molar-refractivity contribution in [2.75, 3.05) is 25.1 Å². The first-order valence-electron chi connectivity index (χ1n) is 5.25. The number of methoxy groups -OCH3 is 1. The Morgan fingerprint density at radius 1 is 1.62 bits per heavy atom. The van der Waals surface area contributed by atoms with Crippen LogP contribution < -0.4 is 15.4 Å². The zero-order valence-electron chi connectivity index (χ0n) is 9.22. The first-order chi connectivity index (χ1) is 7.74. The van der Waals surface area contributed by atoms with Gasteiger partial charge in [0.05, 0.1) is 13.3 Å². The summed E-state index contributed by atoms with van der Waals surface area (Å²) in [5.41, 5.74) is 5.56. The number of carbonyl (C=O) groups excluding carboxylic acids is 1. The molecule has 1 unspecified atom stereocenters. The Morgan fingerprint density at radius 2 is 2.44 bits per heavy atom. The van der Waals surface area contributed by atoms with E-state index < -0.39 is 0 Å². The molecule has 16 heavy (non-hydrogen) atoms. The molecule has 1 fully saturated rings. The lowest BCUT2D eigenvalue weighted by atomic mass is 10.1.